The van der Waals surface area contributed by atoms with Crippen molar-refractivity contribution < 1.29 is 4.79 Å². The van der Waals surface area contributed by atoms with E-state index in [0.29, 0.717) is 11.7 Å². The van der Waals surface area contributed by atoms with Gasteiger partial charge in [-0.3, -0.25) is 9.97 Å². The third kappa shape index (κ3) is 4.90. The van der Waals surface area contributed by atoms with E-state index in [1.807, 2.05) is 41.3 Å². The summed E-state index contributed by atoms with van der Waals surface area (Å²) in [7, 11) is 0. The molecule has 0 unspecified atom stereocenters. The van der Waals surface area contributed by atoms with Gasteiger partial charge in [0.1, 0.15) is 5.82 Å². The highest BCUT2D eigenvalue weighted by atomic mass is 16.2. The molecule has 33 heavy (non-hydrogen) atoms. The fraction of sp³-hybridized carbons (Fsp3) is 0.240. The molecule has 8 nitrogen and oxygen atoms in total. The molecule has 166 valence electrons. The second-order valence-electron chi connectivity index (χ2n) is 8.13. The maximum atomic E-state index is 12.5. The summed E-state index contributed by atoms with van der Waals surface area (Å²) in [6, 6.07) is 15.4. The van der Waals surface area contributed by atoms with Gasteiger partial charge in [-0.1, -0.05) is 12.1 Å². The van der Waals surface area contributed by atoms with Crippen molar-refractivity contribution in [2.75, 3.05) is 30.3 Å². The van der Waals surface area contributed by atoms with Crippen LogP contribution in [-0.4, -0.2) is 50.5 Å². The molecule has 0 aliphatic carbocycles. The molecule has 1 fully saturated rings. The number of benzene rings is 1. The number of nitrogens with zero attached hydrogens (tertiary/aromatic N) is 5. The number of amides is 2. The van der Waals surface area contributed by atoms with Crippen LogP contribution in [0.2, 0.25) is 0 Å². The van der Waals surface area contributed by atoms with E-state index in [1.54, 1.807) is 36.9 Å². The molecule has 4 heterocycles. The average molecular weight is 440 g/mol. The van der Waals surface area contributed by atoms with Crippen LogP contribution in [0.15, 0.2) is 73.3 Å². The maximum absolute atomic E-state index is 12.5. The zero-order chi connectivity index (χ0) is 22.5. The molecular formula is C25H25N7O. The number of rotatable bonds is 5. The largest absolute Gasteiger partial charge is 0.369 e. The molecule has 0 bridgehead atoms. The molecule has 0 saturated carbocycles. The van der Waals surface area contributed by atoms with Crippen molar-refractivity contribution in [1.82, 2.24) is 24.8 Å². The second-order valence-corrected chi connectivity index (χ2v) is 8.13. The molecule has 8 heteroatoms. The number of likely N-dealkylation sites (tertiary alicyclic amines) is 1. The highest BCUT2D eigenvalue weighted by Gasteiger charge is 2.23. The topological polar surface area (TPSA) is 95.9 Å². The predicted octanol–water partition coefficient (Wildman–Crippen LogP) is 4.44. The highest BCUT2D eigenvalue weighted by molar-refractivity contribution is 5.90. The summed E-state index contributed by atoms with van der Waals surface area (Å²) in [6.07, 6.45) is 8.74. The van der Waals surface area contributed by atoms with Gasteiger partial charge in [0.25, 0.3) is 0 Å². The van der Waals surface area contributed by atoms with Gasteiger partial charge in [0.15, 0.2) is 5.82 Å². The third-order valence-electron chi connectivity index (χ3n) is 5.91. The standard InChI is InChI=1S/C25H25N7O/c33-25(29-20-7-12-26-13-8-20)32-14-9-18(10-15-32)16-28-24-21-5-1-2-6-22(21)30-23(31-24)19-4-3-11-27-17-19/h1-8,11-13,17-18H,9-10,14-16H2,(H,26,29,33)(H,28,30,31). The normalized spacial score (nSPS) is 14.2. The van der Waals surface area contributed by atoms with Gasteiger partial charge >= 0.3 is 6.03 Å². The van der Waals surface area contributed by atoms with E-state index < -0.39 is 0 Å². The fourth-order valence-corrected chi connectivity index (χ4v) is 4.05. The minimum atomic E-state index is -0.0597. The minimum absolute atomic E-state index is 0.0597. The summed E-state index contributed by atoms with van der Waals surface area (Å²) in [6.45, 7) is 2.26. The summed E-state index contributed by atoms with van der Waals surface area (Å²) in [4.78, 5) is 32.1. The SMILES string of the molecule is O=C(Nc1ccncc1)N1CCC(CNc2nc(-c3cccnc3)nc3ccccc23)CC1. The van der Waals surface area contributed by atoms with Crippen LogP contribution in [0.1, 0.15) is 12.8 Å². The Morgan fingerprint density at radius 3 is 2.55 bits per heavy atom. The quantitative estimate of drug-likeness (QED) is 0.477. The number of hydrogen-bond acceptors (Lipinski definition) is 6. The molecule has 2 N–H and O–H groups in total. The van der Waals surface area contributed by atoms with Crippen molar-refractivity contribution in [2.45, 2.75) is 12.8 Å². The molecule has 1 aliphatic heterocycles. The van der Waals surface area contributed by atoms with Crippen LogP contribution < -0.4 is 10.6 Å². The van der Waals surface area contributed by atoms with E-state index in [-0.39, 0.29) is 6.03 Å². The Morgan fingerprint density at radius 1 is 0.939 bits per heavy atom. The highest BCUT2D eigenvalue weighted by Crippen LogP contribution is 2.26. The summed E-state index contributed by atoms with van der Waals surface area (Å²) >= 11 is 0. The lowest BCUT2D eigenvalue weighted by molar-refractivity contribution is 0.185. The molecule has 0 radical (unpaired) electrons. The Hall–Kier alpha value is -4.07. The predicted molar refractivity (Wildman–Crippen MR) is 129 cm³/mol. The van der Waals surface area contributed by atoms with Crippen LogP contribution in [0.3, 0.4) is 0 Å². The summed E-state index contributed by atoms with van der Waals surface area (Å²) < 4.78 is 0. The van der Waals surface area contributed by atoms with Crippen molar-refractivity contribution in [2.24, 2.45) is 5.92 Å². The van der Waals surface area contributed by atoms with Gasteiger partial charge in [0.05, 0.1) is 5.52 Å². The lowest BCUT2D eigenvalue weighted by Crippen LogP contribution is -2.42. The van der Waals surface area contributed by atoms with E-state index in [1.165, 1.54) is 0 Å². The fourth-order valence-electron chi connectivity index (χ4n) is 4.05. The third-order valence-corrected chi connectivity index (χ3v) is 5.91. The molecule has 5 rings (SSSR count). The molecule has 1 aromatic carbocycles. The van der Waals surface area contributed by atoms with Gasteiger partial charge in [-0.15, -0.1) is 0 Å². The summed E-state index contributed by atoms with van der Waals surface area (Å²) in [5, 5.41) is 7.49. The van der Waals surface area contributed by atoms with E-state index in [9.17, 15) is 4.79 Å². The first-order chi connectivity index (χ1) is 16.3. The molecule has 1 aliphatic rings. The Bertz CT molecular complexity index is 1230. The van der Waals surface area contributed by atoms with Crippen LogP contribution in [0.25, 0.3) is 22.3 Å². The number of anilines is 2. The van der Waals surface area contributed by atoms with E-state index in [0.717, 1.165) is 60.4 Å². The smallest absolute Gasteiger partial charge is 0.321 e. The van der Waals surface area contributed by atoms with Crippen LogP contribution in [0, 0.1) is 5.92 Å². The summed E-state index contributed by atoms with van der Waals surface area (Å²) in [5.74, 6) is 1.95. The first kappa shape index (κ1) is 20.8. The van der Waals surface area contributed by atoms with Crippen molar-refractivity contribution in [3.05, 3.63) is 73.3 Å². The van der Waals surface area contributed by atoms with Crippen LogP contribution in [-0.2, 0) is 0 Å². The number of aromatic nitrogens is 4. The number of carbonyl (C=O) groups excluding carboxylic acids is 1. The van der Waals surface area contributed by atoms with Gasteiger partial charge in [0, 0.05) is 61.1 Å². The van der Waals surface area contributed by atoms with Crippen molar-refractivity contribution >= 4 is 28.4 Å². The van der Waals surface area contributed by atoms with Gasteiger partial charge in [0.2, 0.25) is 0 Å². The van der Waals surface area contributed by atoms with Crippen LogP contribution in [0.5, 0.6) is 0 Å². The van der Waals surface area contributed by atoms with Crippen LogP contribution in [0.4, 0.5) is 16.3 Å². The molecule has 0 atom stereocenters. The number of hydrogen-bond donors (Lipinski definition) is 2. The lowest BCUT2D eigenvalue weighted by atomic mass is 9.97. The molecule has 2 amide bonds. The average Bonchev–Trinajstić information content (AvgIpc) is 2.88. The minimum Gasteiger partial charge on any atom is -0.369 e. The maximum Gasteiger partial charge on any atom is 0.321 e. The first-order valence-electron chi connectivity index (χ1n) is 11.1. The Labute approximate surface area is 192 Å². The van der Waals surface area contributed by atoms with Crippen molar-refractivity contribution in [1.29, 1.82) is 0 Å². The van der Waals surface area contributed by atoms with Crippen LogP contribution >= 0.6 is 0 Å². The molecule has 1 saturated heterocycles. The zero-order valence-electron chi connectivity index (χ0n) is 18.2. The number of piperidine rings is 1. The molecule has 4 aromatic rings. The lowest BCUT2D eigenvalue weighted by Gasteiger charge is -2.32. The van der Waals surface area contributed by atoms with Gasteiger partial charge < -0.3 is 15.5 Å². The Morgan fingerprint density at radius 2 is 1.76 bits per heavy atom. The molecule has 0 spiro atoms. The first-order valence-corrected chi connectivity index (χ1v) is 11.1. The van der Waals surface area contributed by atoms with Gasteiger partial charge in [-0.05, 0) is 55.2 Å². The van der Waals surface area contributed by atoms with Crippen molar-refractivity contribution in [3.8, 4) is 11.4 Å². The van der Waals surface area contributed by atoms with Gasteiger partial charge in [-0.2, -0.15) is 0 Å². The zero-order valence-corrected chi connectivity index (χ0v) is 18.2. The number of para-hydroxylation sites is 1. The number of nitrogens with one attached hydrogen (secondary N) is 2. The Kier molecular flexibility index (Phi) is 6.06. The van der Waals surface area contributed by atoms with E-state index in [4.69, 9.17) is 9.97 Å². The second kappa shape index (κ2) is 9.60. The monoisotopic (exact) mass is 439 g/mol. The van der Waals surface area contributed by atoms with Gasteiger partial charge in [-0.25, -0.2) is 14.8 Å². The number of fused-ring (bicyclic) bond motifs is 1. The number of carbonyl (C=O) groups is 1. The number of pyridine rings is 2. The molecular weight excluding hydrogens is 414 g/mol. The summed E-state index contributed by atoms with van der Waals surface area (Å²) in [5.41, 5.74) is 2.55. The van der Waals surface area contributed by atoms with E-state index >= 15 is 0 Å². The number of urea groups is 1. The Balaban J connectivity index is 1.23. The van der Waals surface area contributed by atoms with E-state index in [2.05, 4.69) is 20.6 Å². The molecule has 3 aromatic heterocycles. The van der Waals surface area contributed by atoms with Crippen molar-refractivity contribution in [3.63, 3.8) is 0 Å².